The number of piperazine rings is 1. The third-order valence-electron chi connectivity index (χ3n) is 5.60. The van der Waals surface area contributed by atoms with Gasteiger partial charge in [0.25, 0.3) is 0 Å². The van der Waals surface area contributed by atoms with E-state index >= 15 is 0 Å². The summed E-state index contributed by atoms with van der Waals surface area (Å²) in [5.74, 6) is 0.467. The third kappa shape index (κ3) is 4.82. The number of methoxy groups -OCH3 is 1. The number of nitrogens with zero attached hydrogens (tertiary/aromatic N) is 3. The zero-order valence-electron chi connectivity index (χ0n) is 15.8. The SMILES string of the molecule is COCCN1CCC(C(=O)N2CCN(Cc3ccccc3CO)CC2)C1. The lowest BCUT2D eigenvalue weighted by molar-refractivity contribution is -0.137. The molecule has 26 heavy (non-hydrogen) atoms. The Morgan fingerprint density at radius 3 is 2.54 bits per heavy atom. The van der Waals surface area contributed by atoms with E-state index in [1.807, 2.05) is 23.1 Å². The zero-order chi connectivity index (χ0) is 18.4. The first-order valence-electron chi connectivity index (χ1n) is 9.61. The van der Waals surface area contributed by atoms with Crippen LogP contribution in [0.2, 0.25) is 0 Å². The lowest BCUT2D eigenvalue weighted by Crippen LogP contribution is -2.50. The first-order chi connectivity index (χ1) is 12.7. The van der Waals surface area contributed by atoms with Gasteiger partial charge >= 0.3 is 0 Å². The number of amides is 1. The molecule has 1 atom stereocenters. The topological polar surface area (TPSA) is 56.2 Å². The van der Waals surface area contributed by atoms with Crippen molar-refractivity contribution >= 4 is 5.91 Å². The molecule has 0 aliphatic carbocycles. The fourth-order valence-corrected chi connectivity index (χ4v) is 3.95. The largest absolute Gasteiger partial charge is 0.392 e. The minimum absolute atomic E-state index is 0.0792. The van der Waals surface area contributed by atoms with Crippen molar-refractivity contribution in [2.75, 3.05) is 59.5 Å². The Morgan fingerprint density at radius 2 is 1.85 bits per heavy atom. The molecule has 2 fully saturated rings. The number of carbonyl (C=O) groups is 1. The average molecular weight is 361 g/mol. The van der Waals surface area contributed by atoms with E-state index < -0.39 is 0 Å². The van der Waals surface area contributed by atoms with E-state index in [0.29, 0.717) is 5.91 Å². The molecule has 1 aromatic rings. The van der Waals surface area contributed by atoms with Crippen molar-refractivity contribution in [1.82, 2.24) is 14.7 Å². The van der Waals surface area contributed by atoms with Gasteiger partial charge in [-0.25, -0.2) is 0 Å². The van der Waals surface area contributed by atoms with Crippen molar-refractivity contribution in [2.24, 2.45) is 5.92 Å². The second-order valence-electron chi connectivity index (χ2n) is 7.31. The predicted octanol–water partition coefficient (Wildman–Crippen LogP) is 0.791. The van der Waals surface area contributed by atoms with E-state index in [-0.39, 0.29) is 12.5 Å². The number of aliphatic hydroxyl groups excluding tert-OH is 1. The van der Waals surface area contributed by atoms with Gasteiger partial charge in [-0.05, 0) is 24.1 Å². The van der Waals surface area contributed by atoms with Crippen LogP contribution in [0.3, 0.4) is 0 Å². The summed E-state index contributed by atoms with van der Waals surface area (Å²) >= 11 is 0. The molecule has 0 radical (unpaired) electrons. The highest BCUT2D eigenvalue weighted by molar-refractivity contribution is 5.79. The van der Waals surface area contributed by atoms with Crippen LogP contribution in [0, 0.1) is 5.92 Å². The van der Waals surface area contributed by atoms with Crippen LogP contribution < -0.4 is 0 Å². The first kappa shape index (κ1) is 19.3. The zero-order valence-corrected chi connectivity index (χ0v) is 15.8. The molecule has 3 rings (SSSR count). The van der Waals surface area contributed by atoms with Crippen molar-refractivity contribution in [3.05, 3.63) is 35.4 Å². The maximum absolute atomic E-state index is 12.8. The molecule has 6 nitrogen and oxygen atoms in total. The molecule has 0 spiro atoms. The number of aliphatic hydroxyl groups is 1. The van der Waals surface area contributed by atoms with Crippen LogP contribution in [0.1, 0.15) is 17.5 Å². The molecule has 2 aliphatic rings. The number of carbonyl (C=O) groups excluding carboxylic acids is 1. The van der Waals surface area contributed by atoms with Crippen LogP contribution in [0.15, 0.2) is 24.3 Å². The lowest BCUT2D eigenvalue weighted by atomic mass is 10.1. The highest BCUT2D eigenvalue weighted by atomic mass is 16.5. The Balaban J connectivity index is 1.45. The van der Waals surface area contributed by atoms with E-state index in [2.05, 4.69) is 15.9 Å². The summed E-state index contributed by atoms with van der Waals surface area (Å²) in [6, 6.07) is 8.04. The second kappa shape index (κ2) is 9.46. The standard InChI is InChI=1S/C20H31N3O3/c1-26-13-12-21-7-6-18(15-21)20(25)23-10-8-22(9-11-23)14-17-4-2-3-5-19(17)16-24/h2-5,18,24H,6-16H2,1H3. The van der Waals surface area contributed by atoms with E-state index in [9.17, 15) is 9.90 Å². The second-order valence-corrected chi connectivity index (χ2v) is 7.31. The van der Waals surface area contributed by atoms with Crippen LogP contribution >= 0.6 is 0 Å². The number of rotatable bonds is 7. The molecule has 0 bridgehead atoms. The van der Waals surface area contributed by atoms with E-state index in [1.165, 1.54) is 5.56 Å². The smallest absolute Gasteiger partial charge is 0.227 e. The Hall–Kier alpha value is -1.47. The summed E-state index contributed by atoms with van der Waals surface area (Å²) in [4.78, 5) is 19.5. The van der Waals surface area contributed by atoms with Gasteiger partial charge in [-0.2, -0.15) is 0 Å². The summed E-state index contributed by atoms with van der Waals surface area (Å²) in [5, 5.41) is 9.48. The molecule has 2 heterocycles. The van der Waals surface area contributed by atoms with E-state index in [4.69, 9.17) is 4.74 Å². The summed E-state index contributed by atoms with van der Waals surface area (Å²) in [5.41, 5.74) is 2.17. The van der Waals surface area contributed by atoms with Crippen molar-refractivity contribution in [1.29, 1.82) is 0 Å². The fourth-order valence-electron chi connectivity index (χ4n) is 3.95. The molecule has 0 aromatic heterocycles. The molecule has 144 valence electrons. The highest BCUT2D eigenvalue weighted by Crippen LogP contribution is 2.20. The van der Waals surface area contributed by atoms with Crippen molar-refractivity contribution in [3.63, 3.8) is 0 Å². The van der Waals surface area contributed by atoms with Crippen molar-refractivity contribution in [2.45, 2.75) is 19.6 Å². The van der Waals surface area contributed by atoms with Gasteiger partial charge < -0.3 is 19.6 Å². The fraction of sp³-hybridized carbons (Fsp3) is 0.650. The Morgan fingerprint density at radius 1 is 1.12 bits per heavy atom. The highest BCUT2D eigenvalue weighted by Gasteiger charge is 2.32. The molecular formula is C20H31N3O3. The van der Waals surface area contributed by atoms with Gasteiger partial charge in [-0.3, -0.25) is 9.69 Å². The normalized spacial score (nSPS) is 22.1. The predicted molar refractivity (Wildman–Crippen MR) is 101 cm³/mol. The summed E-state index contributed by atoms with van der Waals surface area (Å²) in [6.07, 6.45) is 0.965. The molecule has 1 N–H and O–H groups in total. The van der Waals surface area contributed by atoms with Gasteiger partial charge in [0.05, 0.1) is 19.1 Å². The monoisotopic (exact) mass is 361 g/mol. The van der Waals surface area contributed by atoms with Gasteiger partial charge in [-0.15, -0.1) is 0 Å². The molecule has 1 amide bonds. The first-order valence-corrected chi connectivity index (χ1v) is 9.61. The molecular weight excluding hydrogens is 330 g/mol. The van der Waals surface area contributed by atoms with Gasteiger partial charge in [0.15, 0.2) is 0 Å². The Kier molecular flexibility index (Phi) is 7.02. The molecule has 1 unspecified atom stereocenters. The maximum atomic E-state index is 12.8. The minimum Gasteiger partial charge on any atom is -0.392 e. The Labute approximate surface area is 156 Å². The number of hydrogen-bond donors (Lipinski definition) is 1. The number of hydrogen-bond acceptors (Lipinski definition) is 5. The van der Waals surface area contributed by atoms with E-state index in [1.54, 1.807) is 7.11 Å². The Bertz CT molecular complexity index is 587. The van der Waals surface area contributed by atoms with Crippen LogP contribution in [0.4, 0.5) is 0 Å². The molecule has 2 aliphatic heterocycles. The van der Waals surface area contributed by atoms with Crippen molar-refractivity contribution < 1.29 is 14.6 Å². The van der Waals surface area contributed by atoms with Gasteiger partial charge in [0.1, 0.15) is 0 Å². The maximum Gasteiger partial charge on any atom is 0.227 e. The number of benzene rings is 1. The van der Waals surface area contributed by atoms with Crippen LogP contribution in [-0.4, -0.2) is 85.2 Å². The summed E-state index contributed by atoms with van der Waals surface area (Å²) in [7, 11) is 1.72. The number of likely N-dealkylation sites (tertiary alicyclic amines) is 1. The summed E-state index contributed by atoms with van der Waals surface area (Å²) in [6.45, 7) is 7.82. The molecule has 1 aromatic carbocycles. The van der Waals surface area contributed by atoms with Gasteiger partial charge in [0, 0.05) is 52.9 Å². The average Bonchev–Trinajstić information content (AvgIpc) is 3.16. The van der Waals surface area contributed by atoms with Crippen LogP contribution in [0.5, 0.6) is 0 Å². The number of ether oxygens (including phenoxy) is 1. The van der Waals surface area contributed by atoms with Crippen molar-refractivity contribution in [3.8, 4) is 0 Å². The van der Waals surface area contributed by atoms with Gasteiger partial charge in [0.2, 0.25) is 5.91 Å². The molecule has 0 saturated carbocycles. The quantitative estimate of drug-likeness (QED) is 0.778. The van der Waals surface area contributed by atoms with Crippen LogP contribution in [-0.2, 0) is 22.7 Å². The van der Waals surface area contributed by atoms with Gasteiger partial charge in [-0.1, -0.05) is 24.3 Å². The summed E-state index contributed by atoms with van der Waals surface area (Å²) < 4.78 is 5.13. The molecule has 6 heteroatoms. The lowest BCUT2D eigenvalue weighted by Gasteiger charge is -2.36. The molecule has 2 saturated heterocycles. The minimum atomic E-state index is 0.0792. The van der Waals surface area contributed by atoms with Crippen LogP contribution in [0.25, 0.3) is 0 Å². The third-order valence-corrected chi connectivity index (χ3v) is 5.60. The van der Waals surface area contributed by atoms with E-state index in [0.717, 1.165) is 70.9 Å².